The molecule has 0 spiro atoms. The minimum absolute atomic E-state index is 0.300. The number of ether oxygens (including phenoxy) is 10. The van der Waals surface area contributed by atoms with Gasteiger partial charge in [-0.3, -0.25) is 0 Å². The Hall–Kier alpha value is -1.02. The lowest BCUT2D eigenvalue weighted by atomic mass is 10.1. The van der Waals surface area contributed by atoms with Crippen molar-refractivity contribution in [3.05, 3.63) is 23.3 Å². The molecule has 52 heavy (non-hydrogen) atoms. The summed E-state index contributed by atoms with van der Waals surface area (Å²) in [5.41, 5.74) is 1.95. The van der Waals surface area contributed by atoms with Crippen molar-refractivity contribution < 1.29 is 47.4 Å². The van der Waals surface area contributed by atoms with Crippen molar-refractivity contribution in [3.8, 4) is 11.5 Å². The van der Waals surface area contributed by atoms with E-state index in [-0.39, 0.29) is 0 Å². The number of thioether (sulfide) groups is 2. The first-order valence-corrected chi connectivity index (χ1v) is 20.8. The SMILES string of the molecule is CCN(CC)C(=S)SCc1cc(OC(COCCOCCOCCOC)COCCOCCOCCOC)c(CSC(=S)N(CC)CC)cc1OC. The highest BCUT2D eigenvalue weighted by atomic mass is 32.2. The summed E-state index contributed by atoms with van der Waals surface area (Å²) < 4.78 is 58.6. The van der Waals surface area contributed by atoms with Gasteiger partial charge in [-0.2, -0.15) is 0 Å². The maximum Gasteiger partial charge on any atom is 0.145 e. The fraction of sp³-hybridized carbons (Fsp3) is 0.778. The third kappa shape index (κ3) is 22.4. The summed E-state index contributed by atoms with van der Waals surface area (Å²) in [6.07, 6.45) is -0.404. The van der Waals surface area contributed by atoms with Crippen molar-refractivity contribution >= 4 is 56.6 Å². The molecule has 0 saturated carbocycles. The Bertz CT molecular complexity index is 1030. The lowest BCUT2D eigenvalue weighted by molar-refractivity contribution is -0.0408. The molecule has 0 unspecified atom stereocenters. The predicted octanol–water partition coefficient (Wildman–Crippen LogP) is 5.55. The van der Waals surface area contributed by atoms with Crippen LogP contribution in [0, 0.1) is 0 Å². The summed E-state index contributed by atoms with van der Waals surface area (Å²) in [5, 5.41) is 0. The summed E-state index contributed by atoms with van der Waals surface area (Å²) in [6, 6.07) is 4.10. The molecule has 0 aliphatic rings. The summed E-state index contributed by atoms with van der Waals surface area (Å²) in [7, 11) is 4.99. The molecule has 0 N–H and O–H groups in total. The van der Waals surface area contributed by atoms with Gasteiger partial charge in [0.05, 0.1) is 99.6 Å². The molecule has 1 rings (SSSR count). The number of rotatable bonds is 33. The average molecular weight is 813 g/mol. The van der Waals surface area contributed by atoms with Crippen molar-refractivity contribution in [3.63, 3.8) is 0 Å². The smallest absolute Gasteiger partial charge is 0.145 e. The van der Waals surface area contributed by atoms with E-state index in [0.717, 1.165) is 57.4 Å². The highest BCUT2D eigenvalue weighted by Gasteiger charge is 2.20. The van der Waals surface area contributed by atoms with Gasteiger partial charge in [0.25, 0.3) is 0 Å². The van der Waals surface area contributed by atoms with Crippen LogP contribution in [-0.4, -0.2) is 165 Å². The molecule has 0 atom stereocenters. The molecule has 16 heteroatoms. The Morgan fingerprint density at radius 2 is 0.885 bits per heavy atom. The zero-order chi connectivity index (χ0) is 38.2. The van der Waals surface area contributed by atoms with Crippen LogP contribution in [0.4, 0.5) is 0 Å². The van der Waals surface area contributed by atoms with Gasteiger partial charge in [-0.1, -0.05) is 48.0 Å². The molecule has 0 aliphatic carbocycles. The minimum Gasteiger partial charge on any atom is -0.496 e. The fourth-order valence-corrected chi connectivity index (χ4v) is 7.24. The highest BCUT2D eigenvalue weighted by molar-refractivity contribution is 8.22. The van der Waals surface area contributed by atoms with E-state index in [1.165, 1.54) is 0 Å². The number of methoxy groups -OCH3 is 3. The topological polar surface area (TPSA) is 98.8 Å². The third-order valence-electron chi connectivity index (χ3n) is 7.46. The first-order chi connectivity index (χ1) is 25.4. The van der Waals surface area contributed by atoms with Gasteiger partial charge in [0.2, 0.25) is 0 Å². The second-order valence-corrected chi connectivity index (χ2v) is 14.3. The molecule has 0 bridgehead atoms. The lowest BCUT2D eigenvalue weighted by Crippen LogP contribution is -2.30. The molecule has 0 aliphatic heterocycles. The Morgan fingerprint density at radius 3 is 1.25 bits per heavy atom. The van der Waals surface area contributed by atoms with Crippen LogP contribution in [0.1, 0.15) is 38.8 Å². The van der Waals surface area contributed by atoms with Gasteiger partial charge in [-0.15, -0.1) is 0 Å². The molecule has 0 heterocycles. The molecule has 0 fully saturated rings. The zero-order valence-corrected chi connectivity index (χ0v) is 35.8. The Morgan fingerprint density at radius 1 is 0.538 bits per heavy atom. The van der Waals surface area contributed by atoms with Gasteiger partial charge in [-0.05, 0) is 39.8 Å². The van der Waals surface area contributed by atoms with E-state index in [1.807, 2.05) is 6.07 Å². The van der Waals surface area contributed by atoms with Crippen LogP contribution in [0.25, 0.3) is 0 Å². The van der Waals surface area contributed by atoms with Crippen LogP contribution in [0.3, 0.4) is 0 Å². The Labute approximate surface area is 332 Å². The predicted molar refractivity (Wildman–Crippen MR) is 220 cm³/mol. The first kappa shape index (κ1) is 49.0. The van der Waals surface area contributed by atoms with E-state index >= 15 is 0 Å². The Kier molecular flexibility index (Phi) is 31.4. The molecular formula is C36H64N2O10S4. The fourth-order valence-electron chi connectivity index (χ4n) is 4.48. The van der Waals surface area contributed by atoms with E-state index in [2.05, 4.69) is 43.6 Å². The van der Waals surface area contributed by atoms with Crippen LogP contribution < -0.4 is 9.47 Å². The van der Waals surface area contributed by atoms with Gasteiger partial charge in [0, 0.05) is 63.0 Å². The summed E-state index contributed by atoms with van der Waals surface area (Å²) >= 11 is 14.7. The van der Waals surface area contributed by atoms with Gasteiger partial charge in [-0.25, -0.2) is 0 Å². The maximum absolute atomic E-state index is 6.72. The maximum atomic E-state index is 6.72. The van der Waals surface area contributed by atoms with E-state index in [0.29, 0.717) is 104 Å². The van der Waals surface area contributed by atoms with Crippen LogP contribution in [0.15, 0.2) is 12.1 Å². The molecule has 0 aromatic heterocycles. The number of benzene rings is 1. The third-order valence-corrected chi connectivity index (χ3v) is 10.6. The van der Waals surface area contributed by atoms with Gasteiger partial charge >= 0.3 is 0 Å². The second-order valence-electron chi connectivity index (χ2n) is 11.1. The molecule has 1 aromatic rings. The number of nitrogens with zero attached hydrogens (tertiary/aromatic N) is 2. The van der Waals surface area contributed by atoms with Crippen LogP contribution in [0.5, 0.6) is 11.5 Å². The second kappa shape index (κ2) is 33.3. The van der Waals surface area contributed by atoms with Crippen molar-refractivity contribution in [2.24, 2.45) is 0 Å². The van der Waals surface area contributed by atoms with Crippen LogP contribution >= 0.6 is 48.0 Å². The highest BCUT2D eigenvalue weighted by Crippen LogP contribution is 2.35. The lowest BCUT2D eigenvalue weighted by Gasteiger charge is -2.25. The van der Waals surface area contributed by atoms with Crippen LogP contribution in [-0.2, 0) is 49.4 Å². The van der Waals surface area contributed by atoms with Crippen LogP contribution in [0.2, 0.25) is 0 Å². The van der Waals surface area contributed by atoms with Crippen molar-refractivity contribution in [2.75, 3.05) is 140 Å². The first-order valence-electron chi connectivity index (χ1n) is 18.0. The minimum atomic E-state index is -0.404. The molecule has 1 aromatic carbocycles. The summed E-state index contributed by atoms with van der Waals surface area (Å²) in [5.74, 6) is 2.76. The summed E-state index contributed by atoms with van der Waals surface area (Å²) in [6.45, 7) is 18.3. The Balaban J connectivity index is 3.08. The normalized spacial score (nSPS) is 11.3. The molecular weight excluding hydrogens is 749 g/mol. The van der Waals surface area contributed by atoms with Gasteiger partial charge in [0.1, 0.15) is 26.2 Å². The van der Waals surface area contributed by atoms with Crippen molar-refractivity contribution in [1.29, 1.82) is 0 Å². The summed E-state index contributed by atoms with van der Waals surface area (Å²) in [4.78, 5) is 4.34. The molecule has 302 valence electrons. The standard InChI is InChI=1S/C36H64N2O10S4/c1-8-37(9-2)35(49)51-28-30-25-34(31(24-33(30)41-7)29-52-36(50)38(10-3)11-4)48-32(26-46-22-20-44-18-16-42-14-12-39-5)27-47-23-21-45-19-17-43-15-13-40-6/h24-25,32H,8-23,26-29H2,1-7H3. The monoisotopic (exact) mass is 812 g/mol. The van der Waals surface area contributed by atoms with E-state index in [9.17, 15) is 0 Å². The number of thiocarbonyl (C=S) groups is 2. The average Bonchev–Trinajstić information content (AvgIpc) is 3.15. The van der Waals surface area contributed by atoms with E-state index in [4.69, 9.17) is 71.8 Å². The quantitative estimate of drug-likeness (QED) is 0.0655. The molecule has 0 saturated heterocycles. The molecule has 12 nitrogen and oxygen atoms in total. The van der Waals surface area contributed by atoms with Gasteiger partial charge < -0.3 is 57.2 Å². The number of hydrogen-bond acceptors (Lipinski definition) is 14. The largest absolute Gasteiger partial charge is 0.496 e. The van der Waals surface area contributed by atoms with Crippen molar-refractivity contribution in [2.45, 2.75) is 45.3 Å². The van der Waals surface area contributed by atoms with E-state index in [1.54, 1.807) is 44.9 Å². The van der Waals surface area contributed by atoms with E-state index < -0.39 is 6.10 Å². The number of hydrogen-bond donors (Lipinski definition) is 0. The molecule has 0 amide bonds. The zero-order valence-electron chi connectivity index (χ0n) is 32.5. The van der Waals surface area contributed by atoms with Crippen molar-refractivity contribution in [1.82, 2.24) is 9.80 Å². The van der Waals surface area contributed by atoms with Gasteiger partial charge in [0.15, 0.2) is 0 Å². The molecule has 0 radical (unpaired) electrons.